The van der Waals surface area contributed by atoms with Gasteiger partial charge in [0.25, 0.3) is 0 Å². The lowest BCUT2D eigenvalue weighted by Crippen LogP contribution is -2.48. The monoisotopic (exact) mass is 543 g/mol. The maximum Gasteiger partial charge on any atom is 0.415 e. The molecule has 0 bridgehead atoms. The van der Waals surface area contributed by atoms with Gasteiger partial charge in [-0.1, -0.05) is 12.5 Å². The molecule has 0 N–H and O–H groups in total. The van der Waals surface area contributed by atoms with E-state index in [-0.39, 0.29) is 6.09 Å². The van der Waals surface area contributed by atoms with Crippen LogP contribution >= 0.6 is 0 Å². The standard InChI is InChI=1S/C33H41N3O4/c1-38-31-19-28-27-18-24(40-33(37)35-15-10-22(11-16-35)34-12-4-3-5-13-34)8-9-25(27)26-17-23-7-6-14-36(23)21-30(26)29(28)20-32(31)39-2/h8-9,18-20,22-23H,3-7,10-17,21H2,1-2H3/t23-/m0/s1. The van der Waals surface area contributed by atoms with Gasteiger partial charge in [0.05, 0.1) is 14.2 Å². The predicted molar refractivity (Wildman–Crippen MR) is 158 cm³/mol. The van der Waals surface area contributed by atoms with Crippen LogP contribution in [0.4, 0.5) is 4.79 Å². The topological polar surface area (TPSA) is 54.5 Å². The number of fused-ring (bicyclic) bond motifs is 7. The molecule has 3 aromatic carbocycles. The van der Waals surface area contributed by atoms with Gasteiger partial charge < -0.3 is 24.0 Å². The van der Waals surface area contributed by atoms with Crippen molar-refractivity contribution in [2.75, 3.05) is 46.9 Å². The quantitative estimate of drug-likeness (QED) is 0.378. The van der Waals surface area contributed by atoms with Gasteiger partial charge in [0.15, 0.2) is 11.5 Å². The molecule has 0 aliphatic carbocycles. The number of piperidine rings is 2. The van der Waals surface area contributed by atoms with Crippen LogP contribution in [0.3, 0.4) is 0 Å². The number of carbonyl (C=O) groups excluding carboxylic acids is 1. The van der Waals surface area contributed by atoms with Gasteiger partial charge in [-0.05, 0) is 122 Å². The lowest BCUT2D eigenvalue weighted by molar-refractivity contribution is 0.0878. The first-order valence-corrected chi connectivity index (χ1v) is 15.2. The van der Waals surface area contributed by atoms with Crippen molar-refractivity contribution < 1.29 is 19.0 Å². The zero-order valence-electron chi connectivity index (χ0n) is 23.9. The zero-order chi connectivity index (χ0) is 27.2. The number of methoxy groups -OCH3 is 2. The molecule has 4 aliphatic rings. The van der Waals surface area contributed by atoms with E-state index in [0.29, 0.717) is 23.6 Å². The Balaban J connectivity index is 1.19. The number of benzene rings is 3. The number of likely N-dealkylation sites (tertiary alicyclic amines) is 2. The molecule has 3 aromatic rings. The first kappa shape index (κ1) is 25.9. The summed E-state index contributed by atoms with van der Waals surface area (Å²) in [7, 11) is 3.38. The summed E-state index contributed by atoms with van der Waals surface area (Å²) in [6.07, 6.45) is 9.37. The minimum Gasteiger partial charge on any atom is -0.493 e. The van der Waals surface area contributed by atoms with Crippen molar-refractivity contribution in [1.82, 2.24) is 14.7 Å². The van der Waals surface area contributed by atoms with Crippen LogP contribution in [0.25, 0.3) is 21.5 Å². The van der Waals surface area contributed by atoms with E-state index >= 15 is 0 Å². The van der Waals surface area contributed by atoms with Gasteiger partial charge in [-0.3, -0.25) is 4.90 Å². The summed E-state index contributed by atoms with van der Waals surface area (Å²) in [5.41, 5.74) is 2.82. The third kappa shape index (κ3) is 4.57. The van der Waals surface area contributed by atoms with Crippen LogP contribution in [0.1, 0.15) is 56.1 Å². The summed E-state index contributed by atoms with van der Waals surface area (Å²) in [5.74, 6) is 2.06. The van der Waals surface area contributed by atoms with Gasteiger partial charge in [0.1, 0.15) is 5.75 Å². The van der Waals surface area contributed by atoms with E-state index in [4.69, 9.17) is 14.2 Å². The van der Waals surface area contributed by atoms with Crippen LogP contribution < -0.4 is 14.2 Å². The van der Waals surface area contributed by atoms with Crippen LogP contribution in [0.2, 0.25) is 0 Å². The Hall–Kier alpha value is -3.03. The lowest BCUT2D eigenvalue weighted by atomic mass is 9.85. The molecule has 7 rings (SSSR count). The molecule has 212 valence electrons. The van der Waals surface area contributed by atoms with E-state index in [9.17, 15) is 4.79 Å². The van der Waals surface area contributed by atoms with Gasteiger partial charge in [-0.15, -0.1) is 0 Å². The van der Waals surface area contributed by atoms with Gasteiger partial charge in [-0.2, -0.15) is 0 Å². The summed E-state index contributed by atoms with van der Waals surface area (Å²) < 4.78 is 17.4. The average molecular weight is 544 g/mol. The number of nitrogens with zero attached hydrogens (tertiary/aromatic N) is 3. The molecule has 7 nitrogen and oxygen atoms in total. The highest BCUT2D eigenvalue weighted by Gasteiger charge is 2.33. The van der Waals surface area contributed by atoms with Gasteiger partial charge >= 0.3 is 6.09 Å². The van der Waals surface area contributed by atoms with Crippen molar-refractivity contribution in [2.24, 2.45) is 0 Å². The fourth-order valence-corrected chi connectivity index (χ4v) is 7.80. The van der Waals surface area contributed by atoms with Crippen molar-refractivity contribution in [3.63, 3.8) is 0 Å². The first-order valence-electron chi connectivity index (χ1n) is 15.2. The predicted octanol–water partition coefficient (Wildman–Crippen LogP) is 5.98. The number of amides is 1. The molecule has 3 saturated heterocycles. The summed E-state index contributed by atoms with van der Waals surface area (Å²) in [5, 5.41) is 4.68. The highest BCUT2D eigenvalue weighted by molar-refractivity contribution is 6.12. The maximum absolute atomic E-state index is 13.2. The second-order valence-corrected chi connectivity index (χ2v) is 12.1. The lowest BCUT2D eigenvalue weighted by Gasteiger charge is -2.39. The maximum atomic E-state index is 13.2. The first-order chi connectivity index (χ1) is 19.6. The Morgan fingerprint density at radius 2 is 1.40 bits per heavy atom. The second-order valence-electron chi connectivity index (χ2n) is 12.1. The molecule has 40 heavy (non-hydrogen) atoms. The van der Waals surface area contributed by atoms with Crippen molar-refractivity contribution in [1.29, 1.82) is 0 Å². The Morgan fingerprint density at radius 3 is 2.15 bits per heavy atom. The molecule has 1 amide bonds. The van der Waals surface area contributed by atoms with Crippen molar-refractivity contribution in [3.8, 4) is 17.2 Å². The molecule has 0 aromatic heterocycles. The summed E-state index contributed by atoms with van der Waals surface area (Å²) in [6.45, 7) is 6.07. The molecule has 4 aliphatic heterocycles. The number of hydrogen-bond acceptors (Lipinski definition) is 6. The van der Waals surface area contributed by atoms with E-state index in [1.165, 1.54) is 73.6 Å². The number of hydrogen-bond donors (Lipinski definition) is 0. The fraction of sp³-hybridized carbons (Fsp3) is 0.545. The SMILES string of the molecule is COc1cc2c3c(c4ccc(OC(=O)N5CCC(N6CCCCC6)CC5)cc4c2cc1OC)C[C@@H]1CCCN1C3. The molecular weight excluding hydrogens is 502 g/mol. The number of rotatable bonds is 4. The van der Waals surface area contributed by atoms with E-state index in [0.717, 1.165) is 55.4 Å². The van der Waals surface area contributed by atoms with Crippen molar-refractivity contribution >= 4 is 27.6 Å². The highest BCUT2D eigenvalue weighted by Crippen LogP contribution is 2.44. The van der Waals surface area contributed by atoms with Gasteiger partial charge in [0, 0.05) is 31.7 Å². The van der Waals surface area contributed by atoms with Crippen LogP contribution in [-0.4, -0.2) is 79.8 Å². The number of carbonyl (C=O) groups is 1. The molecule has 3 fully saturated rings. The van der Waals surface area contributed by atoms with Crippen molar-refractivity contribution in [3.05, 3.63) is 41.5 Å². The summed E-state index contributed by atoms with van der Waals surface area (Å²) in [6, 6.07) is 11.6. The van der Waals surface area contributed by atoms with E-state index in [1.54, 1.807) is 14.2 Å². The van der Waals surface area contributed by atoms with Gasteiger partial charge in [-0.25, -0.2) is 4.79 Å². The van der Waals surface area contributed by atoms with E-state index < -0.39 is 0 Å². The van der Waals surface area contributed by atoms with E-state index in [2.05, 4.69) is 34.1 Å². The summed E-state index contributed by atoms with van der Waals surface area (Å²) >= 11 is 0. The average Bonchev–Trinajstić information content (AvgIpc) is 3.48. The Kier molecular flexibility index (Phi) is 6.96. The normalized spacial score (nSPS) is 22.4. The van der Waals surface area contributed by atoms with Crippen LogP contribution in [0.15, 0.2) is 30.3 Å². The Bertz CT molecular complexity index is 1420. The molecule has 0 spiro atoms. The molecule has 1 atom stereocenters. The third-order valence-corrected chi connectivity index (χ3v) is 9.95. The summed E-state index contributed by atoms with van der Waals surface area (Å²) in [4.78, 5) is 20.4. The van der Waals surface area contributed by atoms with Crippen molar-refractivity contribution in [2.45, 2.75) is 70.0 Å². The molecule has 0 radical (unpaired) electrons. The third-order valence-electron chi connectivity index (χ3n) is 9.95. The van der Waals surface area contributed by atoms with Crippen LogP contribution in [-0.2, 0) is 13.0 Å². The second kappa shape index (κ2) is 10.7. The van der Waals surface area contributed by atoms with Crippen LogP contribution in [0, 0.1) is 0 Å². The zero-order valence-corrected chi connectivity index (χ0v) is 23.9. The molecule has 4 heterocycles. The molecule has 0 saturated carbocycles. The minimum absolute atomic E-state index is 0.237. The smallest absolute Gasteiger partial charge is 0.415 e. The minimum atomic E-state index is -0.237. The largest absolute Gasteiger partial charge is 0.493 e. The highest BCUT2D eigenvalue weighted by atomic mass is 16.6. The molecule has 0 unspecified atom stereocenters. The Morgan fingerprint density at radius 1 is 0.700 bits per heavy atom. The van der Waals surface area contributed by atoms with Gasteiger partial charge in [0.2, 0.25) is 0 Å². The van der Waals surface area contributed by atoms with E-state index in [1.807, 2.05) is 11.0 Å². The molecule has 7 heteroatoms. The van der Waals surface area contributed by atoms with Crippen LogP contribution in [0.5, 0.6) is 17.2 Å². The Labute approximate surface area is 236 Å². The fourth-order valence-electron chi connectivity index (χ4n) is 7.80. The molecular formula is C33H41N3O4. The number of ether oxygens (including phenoxy) is 3.